The zero-order chi connectivity index (χ0) is 18.2. The highest BCUT2D eigenvalue weighted by Gasteiger charge is 2.23. The first-order valence-corrected chi connectivity index (χ1v) is 9.67. The molecule has 1 saturated heterocycles. The highest BCUT2D eigenvalue weighted by atomic mass is 16.5. The molecule has 140 valence electrons. The smallest absolute Gasteiger partial charge is 0.234 e. The molecule has 1 aliphatic rings. The zero-order valence-electron chi connectivity index (χ0n) is 16.2. The van der Waals surface area contributed by atoms with Crippen LogP contribution in [0.15, 0.2) is 30.3 Å². The van der Waals surface area contributed by atoms with Crippen LogP contribution in [0.3, 0.4) is 0 Å². The van der Waals surface area contributed by atoms with Gasteiger partial charge in [0.05, 0.1) is 18.7 Å². The van der Waals surface area contributed by atoms with E-state index in [4.69, 9.17) is 4.74 Å². The molecule has 1 aliphatic heterocycles. The Kier molecular flexibility index (Phi) is 7.91. The maximum absolute atomic E-state index is 12.7. The number of hydrogen-bond acceptors (Lipinski definition) is 3. The van der Waals surface area contributed by atoms with Crippen molar-refractivity contribution < 1.29 is 9.53 Å². The average Bonchev–Trinajstić information content (AvgIpc) is 2.60. The van der Waals surface area contributed by atoms with Crippen LogP contribution in [0, 0.1) is 5.92 Å². The van der Waals surface area contributed by atoms with Crippen LogP contribution in [0.1, 0.15) is 58.6 Å². The molecule has 0 saturated carbocycles. The maximum atomic E-state index is 12.7. The van der Waals surface area contributed by atoms with Crippen molar-refractivity contribution in [2.75, 3.05) is 19.7 Å². The van der Waals surface area contributed by atoms with Crippen LogP contribution in [0.2, 0.25) is 0 Å². The van der Waals surface area contributed by atoms with Crippen molar-refractivity contribution in [2.24, 2.45) is 5.92 Å². The van der Waals surface area contributed by atoms with Crippen molar-refractivity contribution in [2.45, 2.75) is 65.1 Å². The summed E-state index contributed by atoms with van der Waals surface area (Å²) in [5.41, 5.74) is 1.16. The predicted molar refractivity (Wildman–Crippen MR) is 102 cm³/mol. The lowest BCUT2D eigenvalue weighted by molar-refractivity contribution is -0.124. The van der Waals surface area contributed by atoms with Crippen LogP contribution in [-0.4, -0.2) is 42.6 Å². The lowest BCUT2D eigenvalue weighted by atomic mass is 9.96. The van der Waals surface area contributed by atoms with Gasteiger partial charge in [0.25, 0.3) is 0 Å². The van der Waals surface area contributed by atoms with E-state index in [2.05, 4.69) is 50.0 Å². The van der Waals surface area contributed by atoms with Gasteiger partial charge in [0.15, 0.2) is 0 Å². The Morgan fingerprint density at radius 3 is 2.48 bits per heavy atom. The molecule has 25 heavy (non-hydrogen) atoms. The maximum Gasteiger partial charge on any atom is 0.234 e. The van der Waals surface area contributed by atoms with E-state index in [9.17, 15) is 4.79 Å². The van der Waals surface area contributed by atoms with E-state index >= 15 is 0 Å². The predicted octanol–water partition coefficient (Wildman–Crippen LogP) is 3.78. The molecule has 1 N–H and O–H groups in total. The SMILES string of the molecule is CC(C)[C@H](NC(=O)CN(C[C@H]1CCCCO1)C(C)C)c1ccccc1. The highest BCUT2D eigenvalue weighted by Crippen LogP contribution is 2.21. The van der Waals surface area contributed by atoms with E-state index in [1.54, 1.807) is 0 Å². The summed E-state index contributed by atoms with van der Waals surface area (Å²) in [5, 5.41) is 3.23. The summed E-state index contributed by atoms with van der Waals surface area (Å²) in [6.07, 6.45) is 3.75. The molecule has 0 aliphatic carbocycles. The van der Waals surface area contributed by atoms with Gasteiger partial charge >= 0.3 is 0 Å². The summed E-state index contributed by atoms with van der Waals surface area (Å²) in [4.78, 5) is 14.9. The number of carbonyl (C=O) groups excluding carboxylic acids is 1. The molecule has 1 amide bonds. The van der Waals surface area contributed by atoms with Crippen LogP contribution in [0.5, 0.6) is 0 Å². The minimum absolute atomic E-state index is 0.0497. The Balaban J connectivity index is 1.94. The Labute approximate surface area is 152 Å². The third-order valence-corrected chi connectivity index (χ3v) is 4.93. The Morgan fingerprint density at radius 1 is 1.20 bits per heavy atom. The van der Waals surface area contributed by atoms with E-state index in [1.165, 1.54) is 6.42 Å². The molecule has 2 rings (SSSR count). The number of nitrogens with one attached hydrogen (secondary N) is 1. The van der Waals surface area contributed by atoms with Crippen molar-refractivity contribution in [1.29, 1.82) is 0 Å². The first-order valence-electron chi connectivity index (χ1n) is 9.67. The van der Waals surface area contributed by atoms with Gasteiger partial charge in [0.1, 0.15) is 0 Å². The van der Waals surface area contributed by atoms with Crippen LogP contribution >= 0.6 is 0 Å². The molecular formula is C21H34N2O2. The monoisotopic (exact) mass is 346 g/mol. The molecular weight excluding hydrogens is 312 g/mol. The topological polar surface area (TPSA) is 41.6 Å². The third-order valence-electron chi connectivity index (χ3n) is 4.93. The van der Waals surface area contributed by atoms with Gasteiger partial charge < -0.3 is 10.1 Å². The van der Waals surface area contributed by atoms with Crippen molar-refractivity contribution in [1.82, 2.24) is 10.2 Å². The number of carbonyl (C=O) groups is 1. The second-order valence-electron chi connectivity index (χ2n) is 7.71. The number of amides is 1. The minimum atomic E-state index is 0.0497. The van der Waals surface area contributed by atoms with Crippen molar-refractivity contribution in [3.63, 3.8) is 0 Å². The molecule has 0 spiro atoms. The molecule has 2 atom stereocenters. The summed E-state index contributed by atoms with van der Waals surface area (Å²) < 4.78 is 5.86. The largest absolute Gasteiger partial charge is 0.377 e. The van der Waals surface area contributed by atoms with Crippen LogP contribution in [0.25, 0.3) is 0 Å². The Morgan fingerprint density at radius 2 is 1.92 bits per heavy atom. The van der Waals surface area contributed by atoms with Gasteiger partial charge in [0, 0.05) is 19.2 Å². The van der Waals surface area contributed by atoms with Gasteiger partial charge in [0.2, 0.25) is 5.91 Å². The third kappa shape index (κ3) is 6.44. The van der Waals surface area contributed by atoms with Crippen molar-refractivity contribution in [3.05, 3.63) is 35.9 Å². The van der Waals surface area contributed by atoms with Gasteiger partial charge in [-0.05, 0) is 44.6 Å². The van der Waals surface area contributed by atoms with Gasteiger partial charge in [-0.15, -0.1) is 0 Å². The molecule has 4 heteroatoms. The summed E-state index contributed by atoms with van der Waals surface area (Å²) >= 11 is 0. The lowest BCUT2D eigenvalue weighted by Gasteiger charge is -2.33. The first-order chi connectivity index (χ1) is 12.0. The quantitative estimate of drug-likeness (QED) is 0.779. The number of nitrogens with zero attached hydrogens (tertiary/aromatic N) is 1. The van der Waals surface area contributed by atoms with E-state index in [1.807, 2.05) is 18.2 Å². The molecule has 4 nitrogen and oxygen atoms in total. The van der Waals surface area contributed by atoms with Gasteiger partial charge in [-0.3, -0.25) is 9.69 Å². The first kappa shape index (κ1) is 19.9. The van der Waals surface area contributed by atoms with Gasteiger partial charge in [-0.1, -0.05) is 44.2 Å². The molecule has 0 bridgehead atoms. The number of hydrogen-bond donors (Lipinski definition) is 1. The Hall–Kier alpha value is -1.39. The van der Waals surface area contributed by atoms with Crippen molar-refractivity contribution in [3.8, 4) is 0 Å². The van der Waals surface area contributed by atoms with Crippen molar-refractivity contribution >= 4 is 5.91 Å². The molecule has 0 unspecified atom stereocenters. The fourth-order valence-corrected chi connectivity index (χ4v) is 3.37. The highest BCUT2D eigenvalue weighted by molar-refractivity contribution is 5.78. The fraction of sp³-hybridized carbons (Fsp3) is 0.667. The van der Waals surface area contributed by atoms with Crippen LogP contribution in [-0.2, 0) is 9.53 Å². The van der Waals surface area contributed by atoms with Gasteiger partial charge in [-0.25, -0.2) is 0 Å². The van der Waals surface area contributed by atoms with E-state index in [0.717, 1.165) is 31.6 Å². The van der Waals surface area contributed by atoms with Crippen LogP contribution < -0.4 is 5.32 Å². The summed E-state index contributed by atoms with van der Waals surface area (Å²) in [6, 6.07) is 10.6. The standard InChI is InChI=1S/C21H34N2O2/c1-16(2)21(18-10-6-5-7-11-18)22-20(24)15-23(17(3)4)14-19-12-8-9-13-25-19/h5-7,10-11,16-17,19,21H,8-9,12-15H2,1-4H3,(H,22,24)/t19-,21+/m1/s1. The summed E-state index contributed by atoms with van der Waals surface area (Å²) in [5.74, 6) is 0.438. The van der Waals surface area contributed by atoms with E-state index < -0.39 is 0 Å². The number of ether oxygens (including phenoxy) is 1. The second-order valence-corrected chi connectivity index (χ2v) is 7.71. The minimum Gasteiger partial charge on any atom is -0.377 e. The van der Waals surface area contributed by atoms with Gasteiger partial charge in [-0.2, -0.15) is 0 Å². The average molecular weight is 347 g/mol. The molecule has 0 aromatic heterocycles. The molecule has 0 radical (unpaired) electrons. The lowest BCUT2D eigenvalue weighted by Crippen LogP contribution is -2.46. The molecule has 1 fully saturated rings. The van der Waals surface area contributed by atoms with E-state index in [-0.39, 0.29) is 18.1 Å². The number of rotatable bonds is 8. The molecule has 1 heterocycles. The van der Waals surface area contributed by atoms with E-state index in [0.29, 0.717) is 18.5 Å². The Bertz CT molecular complexity index is 510. The number of benzene rings is 1. The normalized spacial score (nSPS) is 19.4. The fourth-order valence-electron chi connectivity index (χ4n) is 3.37. The molecule has 1 aromatic rings. The summed E-state index contributed by atoms with van der Waals surface area (Å²) in [6.45, 7) is 10.7. The zero-order valence-corrected chi connectivity index (χ0v) is 16.2. The summed E-state index contributed by atoms with van der Waals surface area (Å²) in [7, 11) is 0. The second kappa shape index (κ2) is 9.93. The van der Waals surface area contributed by atoms with Crippen LogP contribution in [0.4, 0.5) is 0 Å². The molecule has 1 aromatic carbocycles.